The number of carbonyl (C=O) groups excluding carboxylic acids is 1. The third-order valence-corrected chi connectivity index (χ3v) is 5.67. The zero-order valence-electron chi connectivity index (χ0n) is 18.8. The van der Waals surface area contributed by atoms with Crippen molar-refractivity contribution in [3.05, 3.63) is 48.3 Å². The van der Waals surface area contributed by atoms with Crippen LogP contribution in [0.1, 0.15) is 38.2 Å². The van der Waals surface area contributed by atoms with Gasteiger partial charge in [-0.1, -0.05) is 31.0 Å². The molecular formula is C23H35IN6O. The highest BCUT2D eigenvalue weighted by atomic mass is 127. The van der Waals surface area contributed by atoms with E-state index >= 15 is 0 Å². The second-order valence-corrected chi connectivity index (χ2v) is 8.19. The molecule has 1 fully saturated rings. The minimum Gasteiger partial charge on any atom is -0.357 e. The fraction of sp³-hybridized carbons (Fsp3) is 0.522. The number of nitrogens with one attached hydrogen (secondary N) is 2. The lowest BCUT2D eigenvalue weighted by Gasteiger charge is -2.29. The molecular weight excluding hydrogens is 503 g/mol. The number of amides is 1. The first-order valence-electron chi connectivity index (χ1n) is 10.9. The van der Waals surface area contributed by atoms with E-state index in [0.717, 1.165) is 62.4 Å². The Labute approximate surface area is 202 Å². The highest BCUT2D eigenvalue weighted by Gasteiger charge is 2.42. The van der Waals surface area contributed by atoms with E-state index in [9.17, 15) is 4.79 Å². The second-order valence-electron chi connectivity index (χ2n) is 8.19. The Morgan fingerprint density at radius 1 is 1.19 bits per heavy atom. The van der Waals surface area contributed by atoms with Crippen LogP contribution >= 0.6 is 24.0 Å². The second kappa shape index (κ2) is 12.1. The standard InChI is InChI=1S/C23H34N6O.HI/c1-4-24-22(26-18-23(13-8-9-14-23)21(30)28(2)3)25-15-12-19-16-27-29(17-19)20-10-6-5-7-11-20;/h5-7,10-11,16-17H,4,8-9,12-15,18H2,1-3H3,(H2,24,25,26);1H. The van der Waals surface area contributed by atoms with E-state index in [1.54, 1.807) is 4.90 Å². The van der Waals surface area contributed by atoms with Gasteiger partial charge in [0, 0.05) is 33.4 Å². The summed E-state index contributed by atoms with van der Waals surface area (Å²) in [5.41, 5.74) is 1.87. The summed E-state index contributed by atoms with van der Waals surface area (Å²) in [5.74, 6) is 0.971. The number of carbonyl (C=O) groups is 1. The van der Waals surface area contributed by atoms with Gasteiger partial charge < -0.3 is 15.5 Å². The lowest BCUT2D eigenvalue weighted by molar-refractivity contribution is -0.138. The highest BCUT2D eigenvalue weighted by molar-refractivity contribution is 14.0. The topological polar surface area (TPSA) is 74.6 Å². The van der Waals surface area contributed by atoms with E-state index in [4.69, 9.17) is 4.99 Å². The zero-order valence-corrected chi connectivity index (χ0v) is 21.1. The molecule has 0 bridgehead atoms. The van der Waals surface area contributed by atoms with Gasteiger partial charge >= 0.3 is 0 Å². The lowest BCUT2D eigenvalue weighted by Crippen LogP contribution is -2.43. The van der Waals surface area contributed by atoms with Crippen LogP contribution < -0.4 is 10.6 Å². The number of hydrogen-bond donors (Lipinski definition) is 2. The van der Waals surface area contributed by atoms with Gasteiger partial charge in [0.05, 0.1) is 23.8 Å². The minimum atomic E-state index is -0.345. The van der Waals surface area contributed by atoms with Gasteiger partial charge in [0.15, 0.2) is 5.96 Å². The molecule has 1 aromatic carbocycles. The average molecular weight is 538 g/mol. The molecule has 2 aromatic rings. The molecule has 1 heterocycles. The van der Waals surface area contributed by atoms with Crippen LogP contribution in [0.15, 0.2) is 47.7 Å². The summed E-state index contributed by atoms with van der Waals surface area (Å²) in [7, 11) is 3.68. The number of guanidine groups is 1. The number of nitrogens with zero attached hydrogens (tertiary/aromatic N) is 4. The lowest BCUT2D eigenvalue weighted by atomic mass is 9.85. The Kier molecular flexibility index (Phi) is 9.80. The van der Waals surface area contributed by atoms with E-state index in [0.29, 0.717) is 6.54 Å². The monoisotopic (exact) mass is 538 g/mol. The van der Waals surface area contributed by atoms with Crippen molar-refractivity contribution in [2.45, 2.75) is 39.0 Å². The number of rotatable bonds is 8. The van der Waals surface area contributed by atoms with Gasteiger partial charge in [0.25, 0.3) is 0 Å². The van der Waals surface area contributed by atoms with Gasteiger partial charge in [-0.05, 0) is 43.9 Å². The van der Waals surface area contributed by atoms with Crippen LogP contribution in [-0.2, 0) is 11.2 Å². The first-order valence-corrected chi connectivity index (χ1v) is 10.9. The molecule has 7 nitrogen and oxygen atoms in total. The highest BCUT2D eigenvalue weighted by Crippen LogP contribution is 2.39. The third kappa shape index (κ3) is 6.69. The molecule has 0 aliphatic heterocycles. The maximum absolute atomic E-state index is 12.8. The Morgan fingerprint density at radius 3 is 2.55 bits per heavy atom. The Balaban J connectivity index is 0.00000341. The Bertz CT molecular complexity index is 843. The molecule has 0 atom stereocenters. The van der Waals surface area contributed by atoms with Gasteiger partial charge in [0.2, 0.25) is 5.91 Å². The number of halogens is 1. The van der Waals surface area contributed by atoms with Crippen molar-refractivity contribution in [1.29, 1.82) is 0 Å². The maximum atomic E-state index is 12.8. The van der Waals surface area contributed by atoms with Crippen LogP contribution in [0, 0.1) is 5.41 Å². The average Bonchev–Trinajstić information content (AvgIpc) is 3.42. The van der Waals surface area contributed by atoms with Crippen molar-refractivity contribution in [2.75, 3.05) is 33.7 Å². The summed E-state index contributed by atoms with van der Waals surface area (Å²) >= 11 is 0. The van der Waals surface area contributed by atoms with Gasteiger partial charge in [-0.2, -0.15) is 5.10 Å². The summed E-state index contributed by atoms with van der Waals surface area (Å²) in [4.78, 5) is 19.3. The first-order chi connectivity index (χ1) is 14.5. The molecule has 31 heavy (non-hydrogen) atoms. The zero-order chi connectivity index (χ0) is 21.4. The quantitative estimate of drug-likeness (QED) is 0.308. The number of para-hydroxylation sites is 1. The summed E-state index contributed by atoms with van der Waals surface area (Å²) < 4.78 is 1.89. The molecule has 0 radical (unpaired) electrons. The van der Waals surface area contributed by atoms with Crippen LogP contribution in [0.5, 0.6) is 0 Å². The molecule has 1 saturated carbocycles. The number of aliphatic imine (C=N–C) groups is 1. The smallest absolute Gasteiger partial charge is 0.230 e. The SMILES string of the molecule is CCNC(=NCC1(C(=O)N(C)C)CCCC1)NCCc1cnn(-c2ccccc2)c1.I. The van der Waals surface area contributed by atoms with Gasteiger partial charge in [-0.3, -0.25) is 9.79 Å². The molecule has 3 rings (SSSR count). The van der Waals surface area contributed by atoms with Gasteiger partial charge in [-0.25, -0.2) is 4.68 Å². The van der Waals surface area contributed by atoms with Crippen molar-refractivity contribution in [3.8, 4) is 5.69 Å². The molecule has 2 N–H and O–H groups in total. The van der Waals surface area contributed by atoms with E-state index in [1.165, 1.54) is 0 Å². The fourth-order valence-corrected chi connectivity index (χ4v) is 4.07. The predicted octanol–water partition coefficient (Wildman–Crippen LogP) is 3.24. The summed E-state index contributed by atoms with van der Waals surface area (Å²) in [6.07, 6.45) is 8.86. The Hall–Kier alpha value is -2.10. The molecule has 1 aromatic heterocycles. The van der Waals surface area contributed by atoms with E-state index in [-0.39, 0.29) is 35.3 Å². The number of hydrogen-bond acceptors (Lipinski definition) is 3. The molecule has 170 valence electrons. The van der Waals surface area contributed by atoms with E-state index < -0.39 is 0 Å². The van der Waals surface area contributed by atoms with Crippen LogP contribution in [0.3, 0.4) is 0 Å². The van der Waals surface area contributed by atoms with Gasteiger partial charge in [0.1, 0.15) is 0 Å². The van der Waals surface area contributed by atoms with Crippen LogP contribution in [-0.4, -0.2) is 60.3 Å². The maximum Gasteiger partial charge on any atom is 0.230 e. The normalized spacial score (nSPS) is 15.3. The molecule has 1 amide bonds. The molecule has 0 spiro atoms. The molecule has 0 saturated heterocycles. The van der Waals surface area contributed by atoms with Crippen molar-refractivity contribution in [3.63, 3.8) is 0 Å². The summed E-state index contributed by atoms with van der Waals surface area (Å²) in [5, 5.41) is 11.2. The van der Waals surface area contributed by atoms with Crippen molar-refractivity contribution < 1.29 is 4.79 Å². The van der Waals surface area contributed by atoms with Crippen LogP contribution in [0.4, 0.5) is 0 Å². The predicted molar refractivity (Wildman–Crippen MR) is 136 cm³/mol. The number of aromatic nitrogens is 2. The van der Waals surface area contributed by atoms with Gasteiger partial charge in [-0.15, -0.1) is 24.0 Å². The largest absolute Gasteiger partial charge is 0.357 e. The van der Waals surface area contributed by atoms with Crippen molar-refractivity contribution in [2.24, 2.45) is 10.4 Å². The Morgan fingerprint density at radius 2 is 1.90 bits per heavy atom. The van der Waals surface area contributed by atoms with Crippen molar-refractivity contribution in [1.82, 2.24) is 25.3 Å². The molecule has 1 aliphatic rings. The molecule has 8 heteroatoms. The van der Waals surface area contributed by atoms with Crippen molar-refractivity contribution >= 4 is 35.8 Å². The van der Waals surface area contributed by atoms with E-state index in [2.05, 4.69) is 28.9 Å². The first kappa shape index (κ1) is 25.2. The fourth-order valence-electron chi connectivity index (χ4n) is 4.07. The number of benzene rings is 1. The molecule has 0 unspecified atom stereocenters. The summed E-state index contributed by atoms with van der Waals surface area (Å²) in [6.45, 7) is 4.12. The molecule has 1 aliphatic carbocycles. The minimum absolute atomic E-state index is 0. The summed E-state index contributed by atoms with van der Waals surface area (Å²) in [6, 6.07) is 10.1. The van der Waals surface area contributed by atoms with E-state index in [1.807, 2.05) is 55.3 Å². The van der Waals surface area contributed by atoms with Crippen LogP contribution in [0.2, 0.25) is 0 Å². The van der Waals surface area contributed by atoms with Crippen LogP contribution in [0.25, 0.3) is 5.69 Å². The third-order valence-electron chi connectivity index (χ3n) is 5.67.